The summed E-state index contributed by atoms with van der Waals surface area (Å²) in [5, 5.41) is 3.71. The van der Waals surface area contributed by atoms with Gasteiger partial charge in [-0.25, -0.2) is 0 Å². The normalized spacial score (nSPS) is 12.6. The molecule has 0 saturated heterocycles. The molecule has 0 amide bonds. The minimum atomic E-state index is -1.03. The largest absolute Gasteiger partial charge is 0.496 e. The van der Waals surface area contributed by atoms with Gasteiger partial charge in [-0.15, -0.1) is 0 Å². The second kappa shape index (κ2) is 12.0. The molecule has 6 rings (SSSR count). The predicted molar refractivity (Wildman–Crippen MR) is 167 cm³/mol. The molecule has 1 unspecified atom stereocenters. The molecule has 0 aliphatic rings. The summed E-state index contributed by atoms with van der Waals surface area (Å²) in [7, 11) is 1.50. The highest BCUT2D eigenvalue weighted by Crippen LogP contribution is 2.67. The molecule has 0 N–H and O–H groups in total. The highest BCUT2D eigenvalue weighted by molar-refractivity contribution is 8.41. The van der Waals surface area contributed by atoms with Crippen LogP contribution in [0.15, 0.2) is 143 Å². The summed E-state index contributed by atoms with van der Waals surface area (Å²) in [5.74, 6) is 2.46. The summed E-state index contributed by atoms with van der Waals surface area (Å²) in [6.07, 6.45) is 3.48. The van der Waals surface area contributed by atoms with Gasteiger partial charge in [0.15, 0.2) is 0 Å². The van der Waals surface area contributed by atoms with E-state index >= 15 is 0 Å². The van der Waals surface area contributed by atoms with Crippen LogP contribution in [0.1, 0.15) is 0 Å². The fraction of sp³-hybridized carbons (Fsp3) is 0.0588. The van der Waals surface area contributed by atoms with Gasteiger partial charge in [-0.05, 0) is 54.6 Å². The first-order chi connectivity index (χ1) is 19.8. The maximum atomic E-state index is 6.24. The zero-order valence-electron chi connectivity index (χ0n) is 22.2. The number of furan rings is 2. The van der Waals surface area contributed by atoms with Crippen LogP contribution in [0.4, 0.5) is 0 Å². The molecular formula is C34H28O4P2. The molecule has 2 heterocycles. The Balaban J connectivity index is 1.60. The third kappa shape index (κ3) is 5.09. The maximum Gasteiger partial charge on any atom is 0.134 e. The molecule has 0 saturated carbocycles. The number of ether oxygens (including phenoxy) is 2. The molecule has 198 valence electrons. The molecular weight excluding hydrogens is 534 g/mol. The minimum Gasteiger partial charge on any atom is -0.496 e. The van der Waals surface area contributed by atoms with Crippen molar-refractivity contribution in [3.05, 3.63) is 134 Å². The van der Waals surface area contributed by atoms with Gasteiger partial charge in [-0.1, -0.05) is 84.9 Å². The van der Waals surface area contributed by atoms with Crippen LogP contribution in [0.3, 0.4) is 0 Å². The van der Waals surface area contributed by atoms with Gasteiger partial charge in [0.1, 0.15) is 22.8 Å². The summed E-state index contributed by atoms with van der Waals surface area (Å²) in [6.45, 7) is 0. The Kier molecular flexibility index (Phi) is 7.82. The van der Waals surface area contributed by atoms with Crippen molar-refractivity contribution in [3.63, 3.8) is 0 Å². The number of para-hydroxylation sites is 1. The van der Waals surface area contributed by atoms with Gasteiger partial charge in [0, 0.05) is 29.6 Å². The van der Waals surface area contributed by atoms with Gasteiger partial charge in [-0.3, -0.25) is 0 Å². The quantitative estimate of drug-likeness (QED) is 0.169. The Morgan fingerprint density at radius 2 is 1.20 bits per heavy atom. The molecule has 0 aliphatic heterocycles. The zero-order valence-corrected chi connectivity index (χ0v) is 24.0. The van der Waals surface area contributed by atoms with E-state index in [0.717, 1.165) is 39.5 Å². The van der Waals surface area contributed by atoms with Gasteiger partial charge < -0.3 is 18.3 Å². The Morgan fingerprint density at radius 1 is 0.525 bits per heavy atom. The van der Waals surface area contributed by atoms with Gasteiger partial charge in [-0.2, -0.15) is 0 Å². The molecule has 0 fully saturated rings. The lowest BCUT2D eigenvalue weighted by Crippen LogP contribution is -2.21. The van der Waals surface area contributed by atoms with Crippen LogP contribution in [-0.2, 0) is 0 Å². The third-order valence-corrected chi connectivity index (χ3v) is 14.0. The lowest BCUT2D eigenvalue weighted by molar-refractivity contribution is 0.410. The number of methoxy groups -OCH3 is 2. The fourth-order valence-electron chi connectivity index (χ4n) is 4.86. The summed E-state index contributed by atoms with van der Waals surface area (Å²) in [6, 6.07) is 41.9. The van der Waals surface area contributed by atoms with Crippen molar-refractivity contribution in [2.75, 3.05) is 14.2 Å². The van der Waals surface area contributed by atoms with Crippen LogP contribution in [0, 0.1) is 0 Å². The number of hydrogen-bond donors (Lipinski definition) is 0. The van der Waals surface area contributed by atoms with Crippen molar-refractivity contribution >= 4 is 36.6 Å². The number of hydrogen-bond acceptors (Lipinski definition) is 4. The van der Waals surface area contributed by atoms with E-state index in [1.165, 1.54) is 15.9 Å². The second-order valence-corrected chi connectivity index (χ2v) is 14.6. The average Bonchev–Trinajstić information content (AvgIpc) is 3.76. The first-order valence-corrected chi connectivity index (χ1v) is 16.3. The Bertz CT molecular complexity index is 1660. The topological polar surface area (TPSA) is 44.7 Å². The van der Waals surface area contributed by atoms with Gasteiger partial charge in [0.2, 0.25) is 0 Å². The first kappa shape index (κ1) is 26.1. The van der Waals surface area contributed by atoms with E-state index in [1.807, 2.05) is 42.5 Å². The summed E-state index contributed by atoms with van der Waals surface area (Å²) in [5.41, 5.74) is 4.04. The standard InChI is InChI=1S/C34H28O4P2/c1-35-30-14-7-6-13-28(30)34-31(36-2)15-8-17-32(34)40(33-18-10-24-38-33)39(26-11-4-3-5-12-26)27-21-19-25(20-22-27)29-16-9-23-37-29/h3-24H,1-2H3/t39?,40-/m1/s1. The monoisotopic (exact) mass is 562 g/mol. The Labute approximate surface area is 236 Å². The van der Waals surface area contributed by atoms with Crippen LogP contribution in [0.25, 0.3) is 22.5 Å². The van der Waals surface area contributed by atoms with Crippen LogP contribution in [0.2, 0.25) is 0 Å². The van der Waals surface area contributed by atoms with Crippen LogP contribution in [-0.4, -0.2) is 14.2 Å². The minimum absolute atomic E-state index is 0.800. The molecule has 0 aliphatic carbocycles. The fourth-order valence-corrected chi connectivity index (χ4v) is 12.5. The molecule has 6 heteroatoms. The molecule has 40 heavy (non-hydrogen) atoms. The second-order valence-electron chi connectivity index (χ2n) is 8.99. The van der Waals surface area contributed by atoms with E-state index in [0.29, 0.717) is 0 Å². The van der Waals surface area contributed by atoms with Crippen molar-refractivity contribution in [1.29, 1.82) is 0 Å². The molecule has 0 bridgehead atoms. The van der Waals surface area contributed by atoms with E-state index in [1.54, 1.807) is 26.7 Å². The molecule has 2 aromatic heterocycles. The summed E-state index contributed by atoms with van der Waals surface area (Å²) < 4.78 is 23.7. The Morgan fingerprint density at radius 3 is 1.90 bits per heavy atom. The van der Waals surface area contributed by atoms with Crippen molar-refractivity contribution in [3.8, 4) is 33.9 Å². The molecule has 4 aromatic carbocycles. The smallest absolute Gasteiger partial charge is 0.134 e. The Hall–Kier alpha value is -4.10. The highest BCUT2D eigenvalue weighted by Gasteiger charge is 2.33. The SMILES string of the molecule is COc1ccccc1-c1c(OC)cccc1[P@](c1ccco1)P(c1ccccc1)c1ccc(-c2ccco2)cc1. The number of benzene rings is 4. The molecule has 0 radical (unpaired) electrons. The van der Waals surface area contributed by atoms with Crippen molar-refractivity contribution < 1.29 is 18.3 Å². The zero-order chi connectivity index (χ0) is 27.3. The average molecular weight is 563 g/mol. The van der Waals surface area contributed by atoms with Crippen LogP contribution in [0.5, 0.6) is 11.5 Å². The van der Waals surface area contributed by atoms with Crippen molar-refractivity contribution in [1.82, 2.24) is 0 Å². The van der Waals surface area contributed by atoms with Crippen LogP contribution >= 0.6 is 15.2 Å². The molecule has 6 aromatic rings. The predicted octanol–water partition coefficient (Wildman–Crippen LogP) is 7.70. The maximum absolute atomic E-state index is 6.24. The molecule has 4 nitrogen and oxygen atoms in total. The van der Waals surface area contributed by atoms with Crippen molar-refractivity contribution in [2.45, 2.75) is 0 Å². The lowest BCUT2D eigenvalue weighted by Gasteiger charge is -2.30. The lowest BCUT2D eigenvalue weighted by atomic mass is 10.0. The summed E-state index contributed by atoms with van der Waals surface area (Å²) >= 11 is 0. The van der Waals surface area contributed by atoms with Gasteiger partial charge in [0.05, 0.1) is 26.7 Å². The van der Waals surface area contributed by atoms with E-state index < -0.39 is 15.2 Å². The molecule has 0 spiro atoms. The van der Waals surface area contributed by atoms with E-state index in [-0.39, 0.29) is 0 Å². The molecule has 2 atom stereocenters. The van der Waals surface area contributed by atoms with E-state index in [2.05, 4.69) is 78.9 Å². The van der Waals surface area contributed by atoms with E-state index in [4.69, 9.17) is 18.3 Å². The van der Waals surface area contributed by atoms with Gasteiger partial charge >= 0.3 is 0 Å². The highest BCUT2D eigenvalue weighted by atomic mass is 32.1. The van der Waals surface area contributed by atoms with E-state index in [9.17, 15) is 0 Å². The van der Waals surface area contributed by atoms with Gasteiger partial charge in [0.25, 0.3) is 0 Å². The van der Waals surface area contributed by atoms with Crippen LogP contribution < -0.4 is 30.9 Å². The summed E-state index contributed by atoms with van der Waals surface area (Å²) in [4.78, 5) is 0. The number of rotatable bonds is 9. The van der Waals surface area contributed by atoms with Crippen molar-refractivity contribution in [2.24, 2.45) is 0 Å². The third-order valence-electron chi connectivity index (χ3n) is 6.66. The first-order valence-electron chi connectivity index (χ1n) is 12.9.